The van der Waals surface area contributed by atoms with Crippen LogP contribution in [0.1, 0.15) is 19.0 Å². The fourth-order valence-corrected chi connectivity index (χ4v) is 2.91. The number of anilines is 1. The molecule has 1 fully saturated rings. The molecule has 1 atom stereocenters. The van der Waals surface area contributed by atoms with Gasteiger partial charge in [0.1, 0.15) is 0 Å². The molecule has 0 radical (unpaired) electrons. The Hall–Kier alpha value is -0.690. The third-order valence-corrected chi connectivity index (χ3v) is 4.24. The maximum absolute atomic E-state index is 11.9. The van der Waals surface area contributed by atoms with Gasteiger partial charge in [0.2, 0.25) is 5.91 Å². The van der Waals surface area contributed by atoms with E-state index in [4.69, 9.17) is 5.73 Å². The highest BCUT2D eigenvalue weighted by Gasteiger charge is 2.33. The summed E-state index contributed by atoms with van der Waals surface area (Å²) in [5.74, 6) is 0.00521. The summed E-state index contributed by atoms with van der Waals surface area (Å²) in [5, 5.41) is 5.44. The summed E-state index contributed by atoms with van der Waals surface area (Å²) in [4.78, 5) is 18.2. The number of nitrogens with two attached hydrogens (primary N) is 1. The first kappa shape index (κ1) is 16.4. The predicted molar refractivity (Wildman–Crippen MR) is 80.9 cm³/mol. The molecular formula is C12H21ClN4OS. The van der Waals surface area contributed by atoms with Crippen LogP contribution in [-0.4, -0.2) is 42.0 Å². The van der Waals surface area contributed by atoms with E-state index >= 15 is 0 Å². The van der Waals surface area contributed by atoms with Crippen LogP contribution in [0.25, 0.3) is 0 Å². The largest absolute Gasteiger partial charge is 0.330 e. The number of hydrogen-bond acceptors (Lipinski definition) is 5. The van der Waals surface area contributed by atoms with E-state index in [-0.39, 0.29) is 23.7 Å². The van der Waals surface area contributed by atoms with Gasteiger partial charge >= 0.3 is 0 Å². The van der Waals surface area contributed by atoms with Crippen molar-refractivity contribution in [3.63, 3.8) is 0 Å². The van der Waals surface area contributed by atoms with Crippen molar-refractivity contribution in [2.45, 2.75) is 20.3 Å². The van der Waals surface area contributed by atoms with Crippen LogP contribution in [0.3, 0.4) is 0 Å². The first-order chi connectivity index (χ1) is 8.50. The monoisotopic (exact) mass is 304 g/mol. The minimum Gasteiger partial charge on any atom is -0.330 e. The van der Waals surface area contributed by atoms with Gasteiger partial charge in [-0.25, -0.2) is 4.98 Å². The molecule has 0 aromatic carbocycles. The van der Waals surface area contributed by atoms with Crippen LogP contribution >= 0.6 is 23.7 Å². The number of nitrogens with one attached hydrogen (secondary N) is 1. The van der Waals surface area contributed by atoms with E-state index < -0.39 is 0 Å². The van der Waals surface area contributed by atoms with Gasteiger partial charge in [-0.1, -0.05) is 6.92 Å². The molecule has 1 aliphatic heterocycles. The first-order valence-corrected chi connectivity index (χ1v) is 7.03. The van der Waals surface area contributed by atoms with E-state index in [1.807, 2.05) is 12.3 Å². The molecule has 5 nitrogen and oxygen atoms in total. The van der Waals surface area contributed by atoms with Crippen LogP contribution in [0.15, 0.2) is 5.38 Å². The Kier molecular flexibility index (Phi) is 5.73. The van der Waals surface area contributed by atoms with Gasteiger partial charge in [0, 0.05) is 11.9 Å². The Labute approximate surface area is 124 Å². The third-order valence-electron chi connectivity index (χ3n) is 3.36. The summed E-state index contributed by atoms with van der Waals surface area (Å²) in [6, 6.07) is 0. The lowest BCUT2D eigenvalue weighted by Crippen LogP contribution is -2.35. The summed E-state index contributed by atoms with van der Waals surface area (Å²) in [6.45, 7) is 7.03. The molecule has 2 heterocycles. The Morgan fingerprint density at radius 1 is 1.68 bits per heavy atom. The van der Waals surface area contributed by atoms with E-state index in [9.17, 15) is 4.79 Å². The predicted octanol–water partition coefficient (Wildman–Crippen LogP) is 1.48. The molecule has 0 bridgehead atoms. The molecule has 2 rings (SSSR count). The normalized spacial score (nSPS) is 23.1. The molecule has 1 aromatic heterocycles. The zero-order valence-electron chi connectivity index (χ0n) is 11.3. The van der Waals surface area contributed by atoms with Crippen molar-refractivity contribution < 1.29 is 4.79 Å². The van der Waals surface area contributed by atoms with Crippen molar-refractivity contribution >= 4 is 34.8 Å². The molecule has 1 amide bonds. The molecule has 108 valence electrons. The summed E-state index contributed by atoms with van der Waals surface area (Å²) in [5.41, 5.74) is 6.85. The lowest BCUT2D eigenvalue weighted by Gasteiger charge is -2.22. The van der Waals surface area contributed by atoms with Gasteiger partial charge in [0.05, 0.1) is 12.2 Å². The second kappa shape index (κ2) is 6.65. The average molecular weight is 305 g/mol. The van der Waals surface area contributed by atoms with Crippen LogP contribution in [0.4, 0.5) is 5.13 Å². The number of aromatic nitrogens is 1. The second-order valence-electron chi connectivity index (χ2n) is 5.32. The lowest BCUT2D eigenvalue weighted by atomic mass is 9.90. The minimum absolute atomic E-state index is 0. The summed E-state index contributed by atoms with van der Waals surface area (Å²) >= 11 is 1.46. The van der Waals surface area contributed by atoms with Crippen molar-refractivity contribution in [3.8, 4) is 0 Å². The van der Waals surface area contributed by atoms with Crippen molar-refractivity contribution in [2.24, 2.45) is 11.1 Å². The average Bonchev–Trinajstić information content (AvgIpc) is 2.87. The summed E-state index contributed by atoms with van der Waals surface area (Å²) < 4.78 is 0. The number of hydrogen-bond donors (Lipinski definition) is 2. The number of amides is 1. The molecule has 0 spiro atoms. The van der Waals surface area contributed by atoms with E-state index in [0.717, 1.165) is 25.2 Å². The van der Waals surface area contributed by atoms with Crippen LogP contribution < -0.4 is 11.1 Å². The van der Waals surface area contributed by atoms with Crippen LogP contribution in [-0.2, 0) is 4.79 Å². The highest BCUT2D eigenvalue weighted by Crippen LogP contribution is 2.28. The minimum atomic E-state index is 0. The Morgan fingerprint density at radius 3 is 2.95 bits per heavy atom. The van der Waals surface area contributed by atoms with Gasteiger partial charge in [-0.05, 0) is 31.8 Å². The molecule has 1 saturated heterocycles. The number of halogens is 1. The number of rotatable bonds is 4. The van der Waals surface area contributed by atoms with Gasteiger partial charge in [0.25, 0.3) is 0 Å². The summed E-state index contributed by atoms with van der Waals surface area (Å²) in [7, 11) is 0. The van der Waals surface area contributed by atoms with Gasteiger partial charge < -0.3 is 11.1 Å². The molecule has 1 aromatic rings. The fourth-order valence-electron chi connectivity index (χ4n) is 2.20. The maximum atomic E-state index is 11.9. The van der Waals surface area contributed by atoms with E-state index in [1.54, 1.807) is 0 Å². The molecule has 19 heavy (non-hydrogen) atoms. The van der Waals surface area contributed by atoms with E-state index in [1.165, 1.54) is 11.3 Å². The first-order valence-electron chi connectivity index (χ1n) is 6.15. The Morgan fingerprint density at radius 2 is 2.42 bits per heavy atom. The second-order valence-corrected chi connectivity index (χ2v) is 6.18. The van der Waals surface area contributed by atoms with Gasteiger partial charge in [-0.2, -0.15) is 0 Å². The molecular weight excluding hydrogens is 284 g/mol. The molecule has 0 saturated carbocycles. The van der Waals surface area contributed by atoms with E-state index in [0.29, 0.717) is 18.2 Å². The number of nitrogens with zero attached hydrogens (tertiary/aromatic N) is 2. The highest BCUT2D eigenvalue weighted by atomic mass is 35.5. The molecule has 3 N–H and O–H groups in total. The SMILES string of the molecule is Cc1csc(NC(=O)CN2CCC(C)(CN)C2)n1.Cl. The number of likely N-dealkylation sites (tertiary alicyclic amines) is 1. The summed E-state index contributed by atoms with van der Waals surface area (Å²) in [6.07, 6.45) is 1.06. The van der Waals surface area contributed by atoms with E-state index in [2.05, 4.69) is 22.1 Å². The highest BCUT2D eigenvalue weighted by molar-refractivity contribution is 7.13. The van der Waals surface area contributed by atoms with Gasteiger partial charge in [-0.3, -0.25) is 9.69 Å². The van der Waals surface area contributed by atoms with Crippen LogP contribution in [0.5, 0.6) is 0 Å². The molecule has 7 heteroatoms. The number of carbonyl (C=O) groups excluding carboxylic acids is 1. The molecule has 1 aliphatic rings. The smallest absolute Gasteiger partial charge is 0.240 e. The van der Waals surface area contributed by atoms with Crippen molar-refractivity contribution in [3.05, 3.63) is 11.1 Å². The topological polar surface area (TPSA) is 71.2 Å². The lowest BCUT2D eigenvalue weighted by molar-refractivity contribution is -0.117. The fraction of sp³-hybridized carbons (Fsp3) is 0.667. The zero-order valence-corrected chi connectivity index (χ0v) is 12.9. The number of carbonyl (C=O) groups is 1. The quantitative estimate of drug-likeness (QED) is 0.884. The Bertz CT molecular complexity index is 439. The van der Waals surface area contributed by atoms with Crippen molar-refractivity contribution in [1.82, 2.24) is 9.88 Å². The standard InChI is InChI=1S/C12H20N4OS.ClH/c1-9-6-18-11(14-9)15-10(17)5-16-4-3-12(2,7-13)8-16;/h6H,3-5,7-8,13H2,1-2H3,(H,14,15,17);1H. The van der Waals surface area contributed by atoms with Gasteiger partial charge in [-0.15, -0.1) is 23.7 Å². The molecule has 1 unspecified atom stereocenters. The number of thiazole rings is 1. The molecule has 0 aliphatic carbocycles. The maximum Gasteiger partial charge on any atom is 0.240 e. The van der Waals surface area contributed by atoms with Crippen molar-refractivity contribution in [1.29, 1.82) is 0 Å². The van der Waals surface area contributed by atoms with Gasteiger partial charge in [0.15, 0.2) is 5.13 Å². The van der Waals surface area contributed by atoms with Crippen LogP contribution in [0.2, 0.25) is 0 Å². The van der Waals surface area contributed by atoms with Crippen molar-refractivity contribution in [2.75, 3.05) is 31.5 Å². The third kappa shape index (κ3) is 4.42. The zero-order chi connectivity index (χ0) is 13.2. The number of aryl methyl sites for hydroxylation is 1. The van der Waals surface area contributed by atoms with Crippen LogP contribution in [0, 0.1) is 12.3 Å². The Balaban J connectivity index is 0.00000180.